The molecule has 0 spiro atoms. The molecule has 0 bridgehead atoms. The van der Waals surface area contributed by atoms with Gasteiger partial charge in [-0.25, -0.2) is 0 Å². The van der Waals surface area contributed by atoms with Gasteiger partial charge in [-0.2, -0.15) is 0 Å². The fourth-order valence-corrected chi connectivity index (χ4v) is 2.43. The average Bonchev–Trinajstić information content (AvgIpc) is 2.43. The highest BCUT2D eigenvalue weighted by atomic mass is 15.1. The molecule has 0 saturated carbocycles. The Kier molecular flexibility index (Phi) is 12.9. The lowest BCUT2D eigenvalue weighted by atomic mass is 10.1. The molecule has 0 heterocycles. The van der Waals surface area contributed by atoms with E-state index in [1.54, 1.807) is 0 Å². The van der Waals surface area contributed by atoms with Crippen LogP contribution in [0.5, 0.6) is 0 Å². The van der Waals surface area contributed by atoms with Gasteiger partial charge in [0.05, 0.1) is 0 Å². The molecular formula is C17H38N2. The van der Waals surface area contributed by atoms with Crippen molar-refractivity contribution in [1.82, 2.24) is 10.2 Å². The van der Waals surface area contributed by atoms with Crippen LogP contribution in [0.25, 0.3) is 0 Å². The van der Waals surface area contributed by atoms with E-state index >= 15 is 0 Å². The lowest BCUT2D eigenvalue weighted by Crippen LogP contribution is -2.34. The van der Waals surface area contributed by atoms with Gasteiger partial charge in [0.1, 0.15) is 0 Å². The smallest absolute Gasteiger partial charge is 0.00643 e. The van der Waals surface area contributed by atoms with Gasteiger partial charge in [0.15, 0.2) is 0 Å². The molecule has 0 aliphatic heterocycles. The van der Waals surface area contributed by atoms with E-state index < -0.39 is 0 Å². The molecule has 1 N–H and O–H groups in total. The van der Waals surface area contributed by atoms with E-state index in [-0.39, 0.29) is 0 Å². The maximum Gasteiger partial charge on any atom is 0.00643 e. The van der Waals surface area contributed by atoms with Crippen molar-refractivity contribution in [2.75, 3.05) is 19.6 Å². The molecule has 0 aromatic rings. The van der Waals surface area contributed by atoms with Crippen LogP contribution in [-0.2, 0) is 0 Å². The Morgan fingerprint density at radius 3 is 2.16 bits per heavy atom. The predicted octanol–water partition coefficient (Wildman–Crippen LogP) is 4.45. The molecule has 2 atom stereocenters. The first-order valence-corrected chi connectivity index (χ1v) is 8.63. The van der Waals surface area contributed by atoms with Crippen LogP contribution in [0.15, 0.2) is 0 Å². The minimum Gasteiger partial charge on any atom is -0.314 e. The van der Waals surface area contributed by atoms with Gasteiger partial charge in [0.25, 0.3) is 0 Å². The van der Waals surface area contributed by atoms with Crippen LogP contribution in [-0.4, -0.2) is 36.6 Å². The molecule has 0 fully saturated rings. The fraction of sp³-hybridized carbons (Fsp3) is 1.00. The molecule has 116 valence electrons. The van der Waals surface area contributed by atoms with Gasteiger partial charge < -0.3 is 10.2 Å². The zero-order valence-electron chi connectivity index (χ0n) is 14.2. The van der Waals surface area contributed by atoms with Crippen molar-refractivity contribution in [3.05, 3.63) is 0 Å². The Hall–Kier alpha value is -0.0800. The second kappa shape index (κ2) is 12.9. The van der Waals surface area contributed by atoms with E-state index in [1.165, 1.54) is 58.0 Å². The van der Waals surface area contributed by atoms with E-state index in [4.69, 9.17) is 0 Å². The third kappa shape index (κ3) is 10.4. The second-order valence-electron chi connectivity index (χ2n) is 6.00. The summed E-state index contributed by atoms with van der Waals surface area (Å²) in [6.07, 6.45) is 9.20. The Labute approximate surface area is 122 Å². The molecule has 0 aliphatic rings. The van der Waals surface area contributed by atoms with E-state index in [0.717, 1.165) is 12.6 Å². The zero-order chi connectivity index (χ0) is 14.5. The summed E-state index contributed by atoms with van der Waals surface area (Å²) in [6.45, 7) is 15.3. The normalized spacial score (nSPS) is 14.8. The van der Waals surface area contributed by atoms with Crippen LogP contribution in [0, 0.1) is 0 Å². The van der Waals surface area contributed by atoms with Crippen molar-refractivity contribution >= 4 is 0 Å². The van der Waals surface area contributed by atoms with E-state index in [9.17, 15) is 0 Å². The molecule has 0 radical (unpaired) electrons. The molecule has 19 heavy (non-hydrogen) atoms. The monoisotopic (exact) mass is 270 g/mol. The highest BCUT2D eigenvalue weighted by molar-refractivity contribution is 4.67. The number of hydrogen-bond donors (Lipinski definition) is 1. The Bertz CT molecular complexity index is 182. The van der Waals surface area contributed by atoms with Crippen LogP contribution in [0.2, 0.25) is 0 Å². The quantitative estimate of drug-likeness (QED) is 0.498. The molecule has 0 rings (SSSR count). The van der Waals surface area contributed by atoms with Gasteiger partial charge in [0.2, 0.25) is 0 Å². The first-order chi connectivity index (χ1) is 9.15. The number of nitrogens with one attached hydrogen (secondary N) is 1. The van der Waals surface area contributed by atoms with Crippen LogP contribution in [0.3, 0.4) is 0 Å². The topological polar surface area (TPSA) is 15.3 Å². The molecule has 0 aromatic heterocycles. The van der Waals surface area contributed by atoms with Crippen molar-refractivity contribution in [2.45, 2.75) is 91.6 Å². The number of rotatable bonds is 13. The number of unbranched alkanes of at least 4 members (excludes halogenated alkanes) is 2. The van der Waals surface area contributed by atoms with Crippen molar-refractivity contribution in [3.8, 4) is 0 Å². The third-order valence-electron chi connectivity index (χ3n) is 4.09. The number of nitrogens with zero attached hydrogens (tertiary/aromatic N) is 1. The third-order valence-corrected chi connectivity index (χ3v) is 4.09. The van der Waals surface area contributed by atoms with Gasteiger partial charge >= 0.3 is 0 Å². The van der Waals surface area contributed by atoms with Crippen molar-refractivity contribution < 1.29 is 0 Å². The van der Waals surface area contributed by atoms with Crippen LogP contribution < -0.4 is 5.32 Å². The van der Waals surface area contributed by atoms with E-state index in [0.29, 0.717) is 6.04 Å². The zero-order valence-corrected chi connectivity index (χ0v) is 14.2. The second-order valence-corrected chi connectivity index (χ2v) is 6.00. The Morgan fingerprint density at radius 2 is 1.58 bits per heavy atom. The van der Waals surface area contributed by atoms with E-state index in [2.05, 4.69) is 44.8 Å². The summed E-state index contributed by atoms with van der Waals surface area (Å²) in [7, 11) is 0. The largest absolute Gasteiger partial charge is 0.314 e. The van der Waals surface area contributed by atoms with Crippen molar-refractivity contribution in [1.29, 1.82) is 0 Å². The molecule has 0 amide bonds. The van der Waals surface area contributed by atoms with Gasteiger partial charge in [-0.1, -0.05) is 33.6 Å². The standard InChI is InChI=1S/C17H38N2/c1-6-9-14-19(17(5)8-3)15-11-10-12-16(4)18-13-7-2/h16-18H,6-15H2,1-5H3. The van der Waals surface area contributed by atoms with Gasteiger partial charge in [-0.3, -0.25) is 0 Å². The maximum atomic E-state index is 3.58. The predicted molar refractivity (Wildman–Crippen MR) is 87.8 cm³/mol. The fourth-order valence-electron chi connectivity index (χ4n) is 2.43. The summed E-state index contributed by atoms with van der Waals surface area (Å²) in [5.41, 5.74) is 0. The Morgan fingerprint density at radius 1 is 0.895 bits per heavy atom. The van der Waals surface area contributed by atoms with E-state index in [1.807, 2.05) is 0 Å². The van der Waals surface area contributed by atoms with Crippen LogP contribution >= 0.6 is 0 Å². The molecule has 0 saturated heterocycles. The Balaban J connectivity index is 3.73. The first-order valence-electron chi connectivity index (χ1n) is 8.63. The minimum absolute atomic E-state index is 0.688. The van der Waals surface area contributed by atoms with Crippen molar-refractivity contribution in [2.24, 2.45) is 0 Å². The SMILES string of the molecule is CCCCN(CCCCC(C)NCCC)C(C)CC. The van der Waals surface area contributed by atoms with Gasteiger partial charge in [0, 0.05) is 12.1 Å². The van der Waals surface area contributed by atoms with Crippen LogP contribution in [0.1, 0.15) is 79.6 Å². The molecule has 0 aromatic carbocycles. The molecule has 2 heteroatoms. The summed E-state index contributed by atoms with van der Waals surface area (Å²) < 4.78 is 0. The summed E-state index contributed by atoms with van der Waals surface area (Å²) in [5.74, 6) is 0. The molecule has 2 unspecified atom stereocenters. The highest BCUT2D eigenvalue weighted by Crippen LogP contribution is 2.09. The lowest BCUT2D eigenvalue weighted by molar-refractivity contribution is 0.196. The summed E-state index contributed by atoms with van der Waals surface area (Å²) in [4.78, 5) is 2.69. The van der Waals surface area contributed by atoms with Crippen LogP contribution in [0.4, 0.5) is 0 Å². The van der Waals surface area contributed by atoms with Crippen molar-refractivity contribution in [3.63, 3.8) is 0 Å². The summed E-state index contributed by atoms with van der Waals surface area (Å²) in [5, 5.41) is 3.58. The van der Waals surface area contributed by atoms with Gasteiger partial charge in [-0.15, -0.1) is 0 Å². The number of hydrogen-bond acceptors (Lipinski definition) is 2. The summed E-state index contributed by atoms with van der Waals surface area (Å²) in [6, 6.07) is 1.44. The summed E-state index contributed by atoms with van der Waals surface area (Å²) >= 11 is 0. The van der Waals surface area contributed by atoms with Gasteiger partial charge in [-0.05, 0) is 65.6 Å². The molecular weight excluding hydrogens is 232 g/mol. The average molecular weight is 271 g/mol. The highest BCUT2D eigenvalue weighted by Gasteiger charge is 2.11. The first kappa shape index (κ1) is 18.9. The maximum absolute atomic E-state index is 3.58. The minimum atomic E-state index is 0.688. The molecule has 0 aliphatic carbocycles. The lowest BCUT2D eigenvalue weighted by Gasteiger charge is -2.28. The molecule has 2 nitrogen and oxygen atoms in total.